The molecule has 0 aliphatic rings. The van der Waals surface area contributed by atoms with Crippen molar-refractivity contribution in [1.29, 1.82) is 0 Å². The van der Waals surface area contributed by atoms with Crippen LogP contribution in [0.3, 0.4) is 0 Å². The summed E-state index contributed by atoms with van der Waals surface area (Å²) in [5.74, 6) is 0.912. The van der Waals surface area contributed by atoms with E-state index in [1.165, 1.54) is 5.69 Å². The lowest BCUT2D eigenvalue weighted by atomic mass is 10.3. The van der Waals surface area contributed by atoms with Gasteiger partial charge in [-0.25, -0.2) is 4.68 Å². The summed E-state index contributed by atoms with van der Waals surface area (Å²) in [5, 5.41) is 11.9. The van der Waals surface area contributed by atoms with Gasteiger partial charge in [-0.15, -0.1) is 5.10 Å². The number of anilines is 1. The van der Waals surface area contributed by atoms with Crippen LogP contribution in [0, 0.1) is 0 Å². The molecule has 5 heteroatoms. The van der Waals surface area contributed by atoms with Crippen molar-refractivity contribution in [2.24, 2.45) is 0 Å². The van der Waals surface area contributed by atoms with Crippen LogP contribution < -0.4 is 4.90 Å². The maximum atomic E-state index is 4.09. The minimum atomic E-state index is 0.723. The zero-order valence-electron chi connectivity index (χ0n) is 11.0. The monoisotopic (exact) mass is 245 g/mol. The highest BCUT2D eigenvalue weighted by atomic mass is 15.5. The van der Waals surface area contributed by atoms with Crippen molar-refractivity contribution in [3.63, 3.8) is 0 Å². The van der Waals surface area contributed by atoms with Crippen LogP contribution in [0.5, 0.6) is 0 Å². The molecule has 0 spiro atoms. The number of benzene rings is 1. The van der Waals surface area contributed by atoms with E-state index in [4.69, 9.17) is 0 Å². The second-order valence-corrected chi connectivity index (χ2v) is 4.36. The number of aryl methyl sites for hydroxylation is 1. The molecule has 18 heavy (non-hydrogen) atoms. The van der Waals surface area contributed by atoms with Gasteiger partial charge in [0.05, 0.1) is 6.54 Å². The first-order chi connectivity index (χ1) is 8.81. The van der Waals surface area contributed by atoms with Gasteiger partial charge in [-0.1, -0.05) is 31.5 Å². The summed E-state index contributed by atoms with van der Waals surface area (Å²) in [6.07, 6.45) is 2.25. The molecule has 1 heterocycles. The van der Waals surface area contributed by atoms with Crippen molar-refractivity contribution in [3.05, 3.63) is 36.2 Å². The summed E-state index contributed by atoms with van der Waals surface area (Å²) in [6.45, 7) is 3.78. The summed E-state index contributed by atoms with van der Waals surface area (Å²) in [4.78, 5) is 2.15. The molecule has 0 amide bonds. The Balaban J connectivity index is 2.03. The molecule has 2 rings (SSSR count). The fraction of sp³-hybridized carbons (Fsp3) is 0.462. The van der Waals surface area contributed by atoms with Gasteiger partial charge in [0.25, 0.3) is 0 Å². The lowest BCUT2D eigenvalue weighted by Gasteiger charge is -2.18. The minimum absolute atomic E-state index is 0.723. The summed E-state index contributed by atoms with van der Waals surface area (Å²) in [7, 11) is 2.05. The number of nitrogens with zero attached hydrogens (tertiary/aromatic N) is 5. The van der Waals surface area contributed by atoms with Crippen molar-refractivity contribution in [2.75, 3.05) is 11.9 Å². The Morgan fingerprint density at radius 3 is 2.72 bits per heavy atom. The molecular weight excluding hydrogens is 226 g/mol. The molecule has 5 nitrogen and oxygen atoms in total. The van der Waals surface area contributed by atoms with Crippen molar-refractivity contribution >= 4 is 5.69 Å². The molecular formula is C13H19N5. The van der Waals surface area contributed by atoms with Crippen molar-refractivity contribution in [1.82, 2.24) is 20.2 Å². The van der Waals surface area contributed by atoms with Gasteiger partial charge < -0.3 is 4.90 Å². The predicted molar refractivity (Wildman–Crippen MR) is 71.3 cm³/mol. The van der Waals surface area contributed by atoms with Gasteiger partial charge in [-0.3, -0.25) is 0 Å². The third-order valence-electron chi connectivity index (χ3n) is 2.91. The van der Waals surface area contributed by atoms with E-state index in [2.05, 4.69) is 39.5 Å². The smallest absolute Gasteiger partial charge is 0.170 e. The molecule has 0 aliphatic heterocycles. The van der Waals surface area contributed by atoms with Crippen LogP contribution in [0.4, 0.5) is 5.69 Å². The predicted octanol–water partition coefficient (Wildman–Crippen LogP) is 2.11. The Morgan fingerprint density at radius 2 is 2.00 bits per heavy atom. The molecule has 1 aromatic heterocycles. The fourth-order valence-corrected chi connectivity index (χ4v) is 1.80. The Morgan fingerprint density at radius 1 is 1.22 bits per heavy atom. The standard InChI is InChI=1S/C13H19N5/c1-3-4-10-18-13(14-15-16-18)11-17(2)12-8-6-5-7-9-12/h5-9H,3-4,10-11H2,1-2H3. The first-order valence-corrected chi connectivity index (χ1v) is 6.32. The number of unbranched alkanes of at least 4 members (excludes halogenated alkanes) is 1. The van der Waals surface area contributed by atoms with E-state index in [-0.39, 0.29) is 0 Å². The van der Waals surface area contributed by atoms with Crippen molar-refractivity contribution in [3.8, 4) is 0 Å². The van der Waals surface area contributed by atoms with Gasteiger partial charge in [0.2, 0.25) is 0 Å². The van der Waals surface area contributed by atoms with E-state index in [1.54, 1.807) is 0 Å². The average Bonchev–Trinajstić information content (AvgIpc) is 2.84. The lowest BCUT2D eigenvalue weighted by Crippen LogP contribution is -2.20. The third-order valence-corrected chi connectivity index (χ3v) is 2.91. The fourth-order valence-electron chi connectivity index (χ4n) is 1.80. The van der Waals surface area contributed by atoms with Crippen LogP contribution in [0.15, 0.2) is 30.3 Å². The van der Waals surface area contributed by atoms with Crippen LogP contribution in [-0.4, -0.2) is 27.3 Å². The molecule has 1 aromatic carbocycles. The zero-order valence-corrected chi connectivity index (χ0v) is 11.0. The normalized spacial score (nSPS) is 10.6. The average molecular weight is 245 g/mol. The van der Waals surface area contributed by atoms with Gasteiger partial charge in [0.15, 0.2) is 5.82 Å². The highest BCUT2D eigenvalue weighted by molar-refractivity contribution is 5.44. The molecule has 0 aliphatic carbocycles. The minimum Gasteiger partial charge on any atom is -0.367 e. The summed E-state index contributed by atoms with van der Waals surface area (Å²) in [5.41, 5.74) is 1.17. The van der Waals surface area contributed by atoms with Crippen LogP contribution >= 0.6 is 0 Å². The Kier molecular flexibility index (Phi) is 4.28. The molecule has 0 bridgehead atoms. The van der Waals surface area contributed by atoms with Gasteiger partial charge in [0, 0.05) is 19.3 Å². The number of tetrazole rings is 1. The van der Waals surface area contributed by atoms with E-state index in [1.807, 2.05) is 29.9 Å². The van der Waals surface area contributed by atoms with Crippen LogP contribution in [-0.2, 0) is 13.1 Å². The molecule has 2 aromatic rings. The topological polar surface area (TPSA) is 46.8 Å². The quantitative estimate of drug-likeness (QED) is 0.782. The molecule has 0 N–H and O–H groups in total. The molecule has 96 valence electrons. The SMILES string of the molecule is CCCCn1nnnc1CN(C)c1ccccc1. The zero-order chi connectivity index (χ0) is 12.8. The first-order valence-electron chi connectivity index (χ1n) is 6.32. The summed E-state index contributed by atoms with van der Waals surface area (Å²) < 4.78 is 1.89. The highest BCUT2D eigenvalue weighted by Gasteiger charge is 2.09. The molecule has 0 radical (unpaired) electrons. The maximum absolute atomic E-state index is 4.09. The number of hydrogen-bond acceptors (Lipinski definition) is 4. The van der Waals surface area contributed by atoms with Crippen molar-refractivity contribution in [2.45, 2.75) is 32.9 Å². The largest absolute Gasteiger partial charge is 0.367 e. The molecule has 0 unspecified atom stereocenters. The molecule has 0 saturated carbocycles. The van der Waals surface area contributed by atoms with Gasteiger partial charge >= 0.3 is 0 Å². The highest BCUT2D eigenvalue weighted by Crippen LogP contribution is 2.13. The summed E-state index contributed by atoms with van der Waals surface area (Å²) in [6, 6.07) is 10.3. The van der Waals surface area contributed by atoms with Gasteiger partial charge in [-0.2, -0.15) is 0 Å². The number of rotatable bonds is 6. The lowest BCUT2D eigenvalue weighted by molar-refractivity contribution is 0.531. The van der Waals surface area contributed by atoms with E-state index >= 15 is 0 Å². The molecule has 0 saturated heterocycles. The van der Waals surface area contributed by atoms with E-state index in [0.29, 0.717) is 0 Å². The third kappa shape index (κ3) is 3.06. The maximum Gasteiger partial charge on any atom is 0.170 e. The first kappa shape index (κ1) is 12.5. The van der Waals surface area contributed by atoms with Crippen molar-refractivity contribution < 1.29 is 0 Å². The number of hydrogen-bond donors (Lipinski definition) is 0. The Hall–Kier alpha value is -1.91. The second kappa shape index (κ2) is 6.14. The van der Waals surface area contributed by atoms with Gasteiger partial charge in [0.1, 0.15) is 0 Å². The Labute approximate surface area is 107 Å². The molecule has 0 fully saturated rings. The van der Waals surface area contributed by atoms with E-state index in [9.17, 15) is 0 Å². The number of para-hydroxylation sites is 1. The molecule has 0 atom stereocenters. The van der Waals surface area contributed by atoms with Crippen LogP contribution in [0.1, 0.15) is 25.6 Å². The Bertz CT molecular complexity index is 465. The van der Waals surface area contributed by atoms with Gasteiger partial charge in [-0.05, 0) is 29.0 Å². The summed E-state index contributed by atoms with van der Waals surface area (Å²) >= 11 is 0. The van der Waals surface area contributed by atoms with Crippen LogP contribution in [0.25, 0.3) is 0 Å². The number of aromatic nitrogens is 4. The van der Waals surface area contributed by atoms with E-state index < -0.39 is 0 Å². The van der Waals surface area contributed by atoms with Crippen LogP contribution in [0.2, 0.25) is 0 Å². The second-order valence-electron chi connectivity index (χ2n) is 4.36. The van der Waals surface area contributed by atoms with E-state index in [0.717, 1.165) is 31.8 Å².